The zero-order chi connectivity index (χ0) is 24.6. The van der Waals surface area contributed by atoms with Crippen molar-refractivity contribution in [3.63, 3.8) is 0 Å². The van der Waals surface area contributed by atoms with Crippen molar-refractivity contribution >= 4 is 27.6 Å². The van der Waals surface area contributed by atoms with Gasteiger partial charge in [-0.3, -0.25) is 14.0 Å². The molecule has 0 bridgehead atoms. The van der Waals surface area contributed by atoms with E-state index in [-0.39, 0.29) is 16.6 Å². The van der Waals surface area contributed by atoms with Gasteiger partial charge in [-0.1, -0.05) is 65.3 Å². The normalized spacial score (nSPS) is 18.0. The average Bonchev–Trinajstić information content (AvgIpc) is 3.40. The van der Waals surface area contributed by atoms with Crippen molar-refractivity contribution in [2.45, 2.75) is 17.7 Å². The molecule has 2 heterocycles. The number of piperazine rings is 1. The molecule has 2 aliphatic heterocycles. The van der Waals surface area contributed by atoms with Crippen molar-refractivity contribution in [3.8, 4) is 0 Å². The number of nitrogens with zero attached hydrogens (tertiary/aromatic N) is 3. The van der Waals surface area contributed by atoms with E-state index in [1.807, 2.05) is 30.3 Å². The average molecular weight is 499 g/mol. The number of rotatable bonds is 9. The Morgan fingerprint density at radius 3 is 2.11 bits per heavy atom. The summed E-state index contributed by atoms with van der Waals surface area (Å²) >= 11 is 0. The standard InChI is InChI=1S/C30H34N4OS/c35-30(26-12-4-1-5-13-26)31-19-10-11-20-32-21-23-33(24-22-32)29-18-25-36(28-16-8-3-9-17-28)34(29)27-14-6-2-7-15-27/h1-9,12-18,25H,10-11,19-24H2,(H,31,35). The number of nitrogens with one attached hydrogen (secondary N) is 1. The molecule has 5 rings (SSSR count). The monoisotopic (exact) mass is 498 g/mol. The molecule has 6 heteroatoms. The van der Waals surface area contributed by atoms with Crippen molar-refractivity contribution in [2.24, 2.45) is 0 Å². The van der Waals surface area contributed by atoms with E-state index in [4.69, 9.17) is 0 Å². The third kappa shape index (κ3) is 5.89. The molecule has 1 unspecified atom stereocenters. The van der Waals surface area contributed by atoms with E-state index in [1.165, 1.54) is 16.4 Å². The number of anilines is 1. The first-order chi connectivity index (χ1) is 17.8. The van der Waals surface area contributed by atoms with E-state index in [2.05, 4.69) is 91.5 Å². The van der Waals surface area contributed by atoms with Gasteiger partial charge in [0.05, 0.1) is 5.69 Å². The molecule has 1 fully saturated rings. The summed E-state index contributed by atoms with van der Waals surface area (Å²) in [4.78, 5) is 18.6. The van der Waals surface area contributed by atoms with Gasteiger partial charge in [-0.25, -0.2) is 0 Å². The maximum Gasteiger partial charge on any atom is 0.251 e. The maximum atomic E-state index is 12.2. The van der Waals surface area contributed by atoms with Crippen LogP contribution in [-0.2, 0) is 0 Å². The fourth-order valence-electron chi connectivity index (χ4n) is 4.70. The van der Waals surface area contributed by atoms with Gasteiger partial charge in [-0.15, -0.1) is 0 Å². The Balaban J connectivity index is 1.11. The Morgan fingerprint density at radius 2 is 1.42 bits per heavy atom. The molecule has 0 radical (unpaired) electrons. The van der Waals surface area contributed by atoms with Crippen LogP contribution in [0.4, 0.5) is 5.69 Å². The van der Waals surface area contributed by atoms with Crippen molar-refractivity contribution in [2.75, 3.05) is 43.6 Å². The van der Waals surface area contributed by atoms with Gasteiger partial charge in [0.2, 0.25) is 0 Å². The molecule has 3 aromatic carbocycles. The maximum absolute atomic E-state index is 12.2. The predicted octanol–water partition coefficient (Wildman–Crippen LogP) is 5.22. The topological polar surface area (TPSA) is 38.8 Å². The summed E-state index contributed by atoms with van der Waals surface area (Å²) in [5.41, 5.74) is 1.97. The van der Waals surface area contributed by atoms with Crippen molar-refractivity contribution in [1.29, 1.82) is 0 Å². The molecule has 2 aliphatic rings. The van der Waals surface area contributed by atoms with Gasteiger partial charge in [0.25, 0.3) is 5.91 Å². The molecule has 0 aliphatic carbocycles. The van der Waals surface area contributed by atoms with E-state index in [0.29, 0.717) is 0 Å². The first-order valence-corrected chi connectivity index (χ1v) is 14.0. The molecule has 36 heavy (non-hydrogen) atoms. The number of hydrogen-bond acceptors (Lipinski definition) is 4. The van der Waals surface area contributed by atoms with E-state index >= 15 is 0 Å². The molecule has 5 nitrogen and oxygen atoms in total. The van der Waals surface area contributed by atoms with Gasteiger partial charge >= 0.3 is 0 Å². The molecule has 0 spiro atoms. The minimum atomic E-state index is -0.119. The molecule has 0 aromatic heterocycles. The molecule has 0 saturated carbocycles. The molecule has 3 aromatic rings. The van der Waals surface area contributed by atoms with Crippen LogP contribution < -0.4 is 9.62 Å². The molecule has 1 saturated heterocycles. The second kappa shape index (κ2) is 12.1. The minimum absolute atomic E-state index is 0.0170. The van der Waals surface area contributed by atoms with Crippen LogP contribution in [0.25, 0.3) is 0 Å². The van der Waals surface area contributed by atoms with Crippen molar-refractivity contribution in [1.82, 2.24) is 15.1 Å². The van der Waals surface area contributed by atoms with Crippen LogP contribution in [0.1, 0.15) is 23.2 Å². The highest BCUT2D eigenvalue weighted by Crippen LogP contribution is 2.42. The lowest BCUT2D eigenvalue weighted by atomic mass is 10.2. The number of benzene rings is 3. The van der Waals surface area contributed by atoms with Gasteiger partial charge < -0.3 is 10.2 Å². The van der Waals surface area contributed by atoms with Crippen molar-refractivity contribution in [3.05, 3.63) is 108 Å². The Labute approximate surface area is 217 Å². The van der Waals surface area contributed by atoms with E-state index in [1.54, 1.807) is 0 Å². The highest BCUT2D eigenvalue weighted by molar-refractivity contribution is 8.16. The molecule has 1 atom stereocenters. The number of amides is 1. The Morgan fingerprint density at radius 1 is 0.778 bits per heavy atom. The van der Waals surface area contributed by atoms with Crippen molar-refractivity contribution < 1.29 is 4.79 Å². The first kappa shape index (κ1) is 24.3. The molecule has 1 N–H and O–H groups in total. The SMILES string of the molecule is O=C(NCCCCN1CCN(C2=CC=S(c3ccccc3)N2c2ccccc2)CC1)c1ccccc1. The number of para-hydroxylation sites is 1. The van der Waals surface area contributed by atoms with Crippen LogP contribution in [-0.4, -0.2) is 60.3 Å². The fraction of sp³-hybridized carbons (Fsp3) is 0.267. The number of allylic oxidation sites excluding steroid dienone is 1. The van der Waals surface area contributed by atoms with Gasteiger partial charge in [-0.05, 0) is 67.2 Å². The summed E-state index contributed by atoms with van der Waals surface area (Å²) in [6.07, 6.45) is 4.41. The summed E-state index contributed by atoms with van der Waals surface area (Å²) in [5.74, 6) is 1.32. The van der Waals surface area contributed by atoms with Gasteiger partial charge in [0.1, 0.15) is 5.82 Å². The van der Waals surface area contributed by atoms with Crippen LogP contribution in [0.15, 0.2) is 108 Å². The largest absolute Gasteiger partial charge is 0.355 e. The lowest BCUT2D eigenvalue weighted by Gasteiger charge is -2.40. The lowest BCUT2D eigenvalue weighted by molar-refractivity contribution is 0.0952. The Hall–Kier alpha value is -3.35. The second-order valence-electron chi connectivity index (χ2n) is 9.08. The highest BCUT2D eigenvalue weighted by Gasteiger charge is 2.28. The highest BCUT2D eigenvalue weighted by atomic mass is 32.2. The summed E-state index contributed by atoms with van der Waals surface area (Å²) in [6.45, 7) is 5.99. The Bertz CT molecular complexity index is 1190. The quantitative estimate of drug-likeness (QED) is 0.324. The molecule has 186 valence electrons. The summed E-state index contributed by atoms with van der Waals surface area (Å²) in [6, 6.07) is 31.0. The third-order valence-corrected chi connectivity index (χ3v) is 8.59. The van der Waals surface area contributed by atoms with E-state index in [0.717, 1.165) is 57.7 Å². The Kier molecular flexibility index (Phi) is 8.16. The smallest absolute Gasteiger partial charge is 0.251 e. The zero-order valence-corrected chi connectivity index (χ0v) is 21.4. The number of carbonyl (C=O) groups is 1. The third-order valence-electron chi connectivity index (χ3n) is 6.65. The molecular formula is C30H34N4OS. The summed E-state index contributed by atoms with van der Waals surface area (Å²) in [7, 11) is -0.119. The van der Waals surface area contributed by atoms with Crippen LogP contribution in [0, 0.1) is 0 Å². The van der Waals surface area contributed by atoms with Crippen LogP contribution in [0.3, 0.4) is 0 Å². The lowest BCUT2D eigenvalue weighted by Crippen LogP contribution is -2.48. The number of carbonyl (C=O) groups excluding carboxylic acids is 1. The summed E-state index contributed by atoms with van der Waals surface area (Å²) in [5, 5.41) is 5.39. The predicted molar refractivity (Wildman–Crippen MR) is 151 cm³/mol. The second-order valence-corrected chi connectivity index (χ2v) is 10.8. The summed E-state index contributed by atoms with van der Waals surface area (Å²) < 4.78 is 2.50. The fourth-order valence-corrected chi connectivity index (χ4v) is 6.60. The van der Waals surface area contributed by atoms with E-state index in [9.17, 15) is 4.79 Å². The number of unbranched alkanes of at least 4 members (excludes halogenated alkanes) is 1. The number of hydrogen-bond donors (Lipinski definition) is 1. The first-order valence-electron chi connectivity index (χ1n) is 12.8. The van der Waals surface area contributed by atoms with Crippen LogP contribution in [0.5, 0.6) is 0 Å². The zero-order valence-electron chi connectivity index (χ0n) is 20.6. The van der Waals surface area contributed by atoms with Gasteiger partial charge in [-0.2, -0.15) is 0 Å². The minimum Gasteiger partial charge on any atom is -0.355 e. The molecule has 1 amide bonds. The van der Waals surface area contributed by atoms with Gasteiger partial charge in [0, 0.05) is 43.2 Å². The van der Waals surface area contributed by atoms with Crippen LogP contribution in [0.2, 0.25) is 0 Å². The van der Waals surface area contributed by atoms with Gasteiger partial charge in [0.15, 0.2) is 0 Å². The molecular weight excluding hydrogens is 464 g/mol. The van der Waals surface area contributed by atoms with E-state index < -0.39 is 0 Å². The van der Waals surface area contributed by atoms with Crippen LogP contribution >= 0.6 is 10.7 Å².